The minimum absolute atomic E-state index is 0.389. The number of carbonyl (C=O) groups is 1. The van der Waals surface area contributed by atoms with E-state index in [0.29, 0.717) is 11.8 Å². The summed E-state index contributed by atoms with van der Waals surface area (Å²) >= 11 is 0. The Balaban J connectivity index is 2.65. The molecule has 13 heavy (non-hydrogen) atoms. The summed E-state index contributed by atoms with van der Waals surface area (Å²) < 4.78 is 0. The second kappa shape index (κ2) is 4.80. The normalized spacial score (nSPS) is 27.7. The topological polar surface area (TPSA) is 17.1 Å². The Morgan fingerprint density at radius 2 is 2.31 bits per heavy atom. The van der Waals surface area contributed by atoms with E-state index in [1.807, 2.05) is 6.08 Å². The molecule has 0 saturated carbocycles. The monoisotopic (exact) mass is 176 g/mol. The second-order valence-corrected chi connectivity index (χ2v) is 3.41. The van der Waals surface area contributed by atoms with E-state index in [1.165, 1.54) is 5.57 Å². The third-order valence-electron chi connectivity index (χ3n) is 2.44. The SMILES string of the molecule is CCC1=CC(C)C(/C=C/C=O)C=C1. The Morgan fingerprint density at radius 3 is 2.85 bits per heavy atom. The molecular formula is C12H16O. The number of allylic oxidation sites excluding steroid dienone is 6. The van der Waals surface area contributed by atoms with E-state index < -0.39 is 0 Å². The first-order chi connectivity index (χ1) is 6.27. The van der Waals surface area contributed by atoms with E-state index in [1.54, 1.807) is 6.08 Å². The first kappa shape index (κ1) is 9.97. The average molecular weight is 176 g/mol. The van der Waals surface area contributed by atoms with Crippen molar-refractivity contribution in [3.63, 3.8) is 0 Å². The molecule has 2 atom stereocenters. The van der Waals surface area contributed by atoms with Crippen molar-refractivity contribution in [2.75, 3.05) is 0 Å². The summed E-state index contributed by atoms with van der Waals surface area (Å²) in [6, 6.07) is 0. The van der Waals surface area contributed by atoms with Gasteiger partial charge in [0.05, 0.1) is 0 Å². The molecule has 1 aliphatic rings. The Kier molecular flexibility index (Phi) is 3.69. The first-order valence-electron chi connectivity index (χ1n) is 4.78. The molecule has 0 aliphatic heterocycles. The van der Waals surface area contributed by atoms with Gasteiger partial charge in [0, 0.05) is 5.92 Å². The Labute approximate surface area is 79.8 Å². The zero-order valence-electron chi connectivity index (χ0n) is 8.23. The smallest absolute Gasteiger partial charge is 0.142 e. The van der Waals surface area contributed by atoms with E-state index in [4.69, 9.17) is 0 Å². The maximum absolute atomic E-state index is 10.1. The summed E-state index contributed by atoms with van der Waals surface area (Å²) in [5.41, 5.74) is 1.39. The molecule has 0 spiro atoms. The third-order valence-corrected chi connectivity index (χ3v) is 2.44. The van der Waals surface area contributed by atoms with Crippen LogP contribution < -0.4 is 0 Å². The highest BCUT2D eigenvalue weighted by molar-refractivity contribution is 5.64. The molecule has 0 aromatic rings. The minimum Gasteiger partial charge on any atom is -0.299 e. The van der Waals surface area contributed by atoms with E-state index in [9.17, 15) is 4.79 Å². The quantitative estimate of drug-likeness (QED) is 0.477. The summed E-state index contributed by atoms with van der Waals surface area (Å²) in [7, 11) is 0. The lowest BCUT2D eigenvalue weighted by Crippen LogP contribution is -2.08. The van der Waals surface area contributed by atoms with Gasteiger partial charge in [-0.25, -0.2) is 0 Å². The van der Waals surface area contributed by atoms with Crippen LogP contribution in [-0.4, -0.2) is 6.29 Å². The summed E-state index contributed by atoms with van der Waals surface area (Å²) in [6.07, 6.45) is 12.1. The molecule has 1 nitrogen and oxygen atoms in total. The molecule has 1 aliphatic carbocycles. The first-order valence-corrected chi connectivity index (χ1v) is 4.78. The molecule has 0 saturated heterocycles. The molecule has 2 unspecified atom stereocenters. The second-order valence-electron chi connectivity index (χ2n) is 3.41. The van der Waals surface area contributed by atoms with Crippen LogP contribution in [0, 0.1) is 11.8 Å². The van der Waals surface area contributed by atoms with Crippen LogP contribution in [0.15, 0.2) is 36.0 Å². The van der Waals surface area contributed by atoms with Crippen LogP contribution in [0.2, 0.25) is 0 Å². The fraction of sp³-hybridized carbons (Fsp3) is 0.417. The third kappa shape index (κ3) is 2.69. The standard InChI is InChI=1S/C12H16O/c1-3-11-6-7-12(5-4-8-13)10(2)9-11/h4-10,12H,3H2,1-2H3/b5-4+. The number of hydrogen-bond acceptors (Lipinski definition) is 1. The largest absolute Gasteiger partial charge is 0.299 e. The lowest BCUT2D eigenvalue weighted by Gasteiger charge is -2.19. The molecular weight excluding hydrogens is 160 g/mol. The number of aldehydes is 1. The van der Waals surface area contributed by atoms with Gasteiger partial charge in [-0.1, -0.05) is 43.7 Å². The molecule has 0 aromatic carbocycles. The van der Waals surface area contributed by atoms with E-state index in [0.717, 1.165) is 12.7 Å². The zero-order valence-corrected chi connectivity index (χ0v) is 8.23. The van der Waals surface area contributed by atoms with Crippen molar-refractivity contribution in [3.8, 4) is 0 Å². The van der Waals surface area contributed by atoms with Crippen LogP contribution in [0.1, 0.15) is 20.3 Å². The maximum Gasteiger partial charge on any atom is 0.142 e. The predicted octanol–water partition coefficient (Wildman–Crippen LogP) is 2.90. The molecule has 0 N–H and O–H groups in total. The van der Waals surface area contributed by atoms with Gasteiger partial charge in [-0.3, -0.25) is 4.79 Å². The highest BCUT2D eigenvalue weighted by atomic mass is 16.1. The van der Waals surface area contributed by atoms with E-state index >= 15 is 0 Å². The van der Waals surface area contributed by atoms with Crippen LogP contribution in [0.4, 0.5) is 0 Å². The summed E-state index contributed by atoms with van der Waals surface area (Å²) in [6.45, 7) is 4.34. The van der Waals surface area contributed by atoms with Crippen molar-refractivity contribution < 1.29 is 4.79 Å². The number of carbonyl (C=O) groups excluding carboxylic acids is 1. The van der Waals surface area contributed by atoms with Gasteiger partial charge in [0.1, 0.15) is 6.29 Å². The van der Waals surface area contributed by atoms with Crippen molar-refractivity contribution in [3.05, 3.63) is 36.0 Å². The van der Waals surface area contributed by atoms with Gasteiger partial charge in [0.25, 0.3) is 0 Å². The Bertz CT molecular complexity index is 258. The number of hydrogen-bond donors (Lipinski definition) is 0. The van der Waals surface area contributed by atoms with Gasteiger partial charge in [0.15, 0.2) is 0 Å². The maximum atomic E-state index is 10.1. The molecule has 0 bridgehead atoms. The lowest BCUT2D eigenvalue weighted by molar-refractivity contribution is -0.104. The molecule has 70 valence electrons. The minimum atomic E-state index is 0.389. The van der Waals surface area contributed by atoms with Crippen LogP contribution in [0.5, 0.6) is 0 Å². The lowest BCUT2D eigenvalue weighted by atomic mass is 9.86. The van der Waals surface area contributed by atoms with E-state index in [-0.39, 0.29) is 0 Å². The molecule has 0 aromatic heterocycles. The summed E-state index contributed by atoms with van der Waals surface area (Å²) in [4.78, 5) is 10.1. The number of rotatable bonds is 3. The highest BCUT2D eigenvalue weighted by Crippen LogP contribution is 2.24. The molecule has 0 heterocycles. The van der Waals surface area contributed by atoms with Gasteiger partial charge in [0.2, 0.25) is 0 Å². The molecule has 1 rings (SSSR count). The average Bonchev–Trinajstić information content (AvgIpc) is 2.16. The van der Waals surface area contributed by atoms with Gasteiger partial charge < -0.3 is 0 Å². The summed E-state index contributed by atoms with van der Waals surface area (Å²) in [5.74, 6) is 0.900. The van der Waals surface area contributed by atoms with E-state index in [2.05, 4.69) is 32.1 Å². The van der Waals surface area contributed by atoms with Gasteiger partial charge in [-0.05, 0) is 18.4 Å². The van der Waals surface area contributed by atoms with Crippen LogP contribution in [0.3, 0.4) is 0 Å². The van der Waals surface area contributed by atoms with Crippen molar-refractivity contribution in [1.29, 1.82) is 0 Å². The van der Waals surface area contributed by atoms with Gasteiger partial charge >= 0.3 is 0 Å². The van der Waals surface area contributed by atoms with Gasteiger partial charge in [-0.15, -0.1) is 0 Å². The molecule has 0 fully saturated rings. The Hall–Kier alpha value is -1.11. The predicted molar refractivity (Wildman–Crippen MR) is 55.4 cm³/mol. The Morgan fingerprint density at radius 1 is 1.54 bits per heavy atom. The fourth-order valence-electron chi connectivity index (χ4n) is 1.56. The van der Waals surface area contributed by atoms with Crippen molar-refractivity contribution in [2.24, 2.45) is 11.8 Å². The van der Waals surface area contributed by atoms with Gasteiger partial charge in [-0.2, -0.15) is 0 Å². The highest BCUT2D eigenvalue weighted by Gasteiger charge is 2.12. The van der Waals surface area contributed by atoms with Crippen molar-refractivity contribution in [2.45, 2.75) is 20.3 Å². The van der Waals surface area contributed by atoms with Crippen LogP contribution in [0.25, 0.3) is 0 Å². The summed E-state index contributed by atoms with van der Waals surface area (Å²) in [5, 5.41) is 0. The fourth-order valence-corrected chi connectivity index (χ4v) is 1.56. The van der Waals surface area contributed by atoms with Crippen LogP contribution >= 0.6 is 0 Å². The zero-order chi connectivity index (χ0) is 9.68. The van der Waals surface area contributed by atoms with Crippen molar-refractivity contribution in [1.82, 2.24) is 0 Å². The molecule has 0 amide bonds. The molecule has 1 heteroatoms. The molecule has 0 radical (unpaired) electrons. The van der Waals surface area contributed by atoms with Crippen LogP contribution in [-0.2, 0) is 4.79 Å². The van der Waals surface area contributed by atoms with Crippen molar-refractivity contribution >= 4 is 6.29 Å².